The minimum absolute atomic E-state index is 0.0919. The highest BCUT2D eigenvalue weighted by Crippen LogP contribution is 2.33. The molecule has 3 heterocycles. The van der Waals surface area contributed by atoms with Gasteiger partial charge in [-0.05, 0) is 0 Å². The van der Waals surface area contributed by atoms with E-state index in [1.807, 2.05) is 0 Å². The van der Waals surface area contributed by atoms with Crippen LogP contribution in [0.15, 0.2) is 0 Å². The predicted octanol–water partition coefficient (Wildman–Crippen LogP) is -4.06. The molecule has 12 heteroatoms. The molecular formula is C16H26N2O10. The van der Waals surface area contributed by atoms with E-state index in [0.29, 0.717) is 0 Å². The molecule has 12 nitrogen and oxygen atoms in total. The van der Waals surface area contributed by atoms with Gasteiger partial charge in [0.1, 0.15) is 48.7 Å². The van der Waals surface area contributed by atoms with Gasteiger partial charge in [-0.25, -0.2) is 0 Å². The number of carbonyl (C=O) groups excluding carboxylic acids is 2. The van der Waals surface area contributed by atoms with Gasteiger partial charge in [0.2, 0.25) is 11.8 Å². The molecule has 3 fully saturated rings. The topological polar surface area (TPSA) is 176 Å². The van der Waals surface area contributed by atoms with Gasteiger partial charge in [-0.15, -0.1) is 0 Å². The third-order valence-electron chi connectivity index (χ3n) is 5.01. The highest BCUT2D eigenvalue weighted by molar-refractivity contribution is 5.73. The van der Waals surface area contributed by atoms with Gasteiger partial charge in [-0.2, -0.15) is 0 Å². The minimum Gasteiger partial charge on any atom is -0.394 e. The standard InChI is InChI=1S/C16H26N2O10/c1-5(20)17-9-12(23)11(22)7(3-19)26-16(9)28-14-8-4-25-15(27-8)10(13(14)24)18-6(2)21/h7-16,19,22-24H,3-4H2,1-2H3,(H,17,20)(H,18,21)/t7-,8-,9-,10-,11-,12-,13-,14-,15-,16+/m1/s1. The summed E-state index contributed by atoms with van der Waals surface area (Å²) in [7, 11) is 0. The number of aliphatic hydroxyl groups is 4. The fourth-order valence-corrected chi connectivity index (χ4v) is 3.68. The van der Waals surface area contributed by atoms with E-state index in [4.69, 9.17) is 18.9 Å². The van der Waals surface area contributed by atoms with Gasteiger partial charge >= 0.3 is 0 Å². The van der Waals surface area contributed by atoms with Gasteiger partial charge in [0, 0.05) is 13.8 Å². The lowest BCUT2D eigenvalue weighted by Crippen LogP contribution is -2.67. The van der Waals surface area contributed by atoms with Crippen LogP contribution in [-0.2, 0) is 28.5 Å². The van der Waals surface area contributed by atoms with Crippen molar-refractivity contribution in [3.05, 3.63) is 0 Å². The normalized spacial score (nSPS) is 45.5. The Balaban J connectivity index is 1.79. The van der Waals surface area contributed by atoms with Gasteiger partial charge < -0.3 is 50.0 Å². The molecule has 28 heavy (non-hydrogen) atoms. The zero-order chi connectivity index (χ0) is 20.6. The molecule has 0 aliphatic carbocycles. The third-order valence-corrected chi connectivity index (χ3v) is 5.01. The lowest BCUT2D eigenvalue weighted by molar-refractivity contribution is -0.308. The minimum atomic E-state index is -1.49. The summed E-state index contributed by atoms with van der Waals surface area (Å²) < 4.78 is 22.4. The zero-order valence-corrected chi connectivity index (χ0v) is 15.4. The quantitative estimate of drug-likeness (QED) is 0.263. The first-order chi connectivity index (χ1) is 13.2. The van der Waals surface area contributed by atoms with Crippen molar-refractivity contribution in [2.24, 2.45) is 0 Å². The molecule has 0 unspecified atom stereocenters. The molecule has 160 valence electrons. The summed E-state index contributed by atoms with van der Waals surface area (Å²) >= 11 is 0. The van der Waals surface area contributed by atoms with Crippen molar-refractivity contribution >= 4 is 11.8 Å². The highest BCUT2D eigenvalue weighted by atomic mass is 16.8. The maximum absolute atomic E-state index is 11.5. The van der Waals surface area contributed by atoms with Gasteiger partial charge in [0.05, 0.1) is 13.2 Å². The van der Waals surface area contributed by atoms with E-state index in [1.54, 1.807) is 0 Å². The Morgan fingerprint density at radius 2 is 1.64 bits per heavy atom. The third kappa shape index (κ3) is 4.14. The van der Waals surface area contributed by atoms with Crippen LogP contribution in [0.2, 0.25) is 0 Å². The Kier molecular flexibility index (Phi) is 6.51. The number of carbonyl (C=O) groups is 2. The summed E-state index contributed by atoms with van der Waals surface area (Å²) in [5.41, 5.74) is 0. The largest absolute Gasteiger partial charge is 0.394 e. The van der Waals surface area contributed by atoms with Gasteiger partial charge in [0.15, 0.2) is 12.6 Å². The van der Waals surface area contributed by atoms with Crippen molar-refractivity contribution in [3.8, 4) is 0 Å². The van der Waals surface area contributed by atoms with E-state index in [-0.39, 0.29) is 6.61 Å². The summed E-state index contributed by atoms with van der Waals surface area (Å²) in [4.78, 5) is 22.9. The van der Waals surface area contributed by atoms with Crippen molar-refractivity contribution < 1.29 is 49.0 Å². The molecular weight excluding hydrogens is 380 g/mol. The lowest BCUT2D eigenvalue weighted by Gasteiger charge is -2.45. The summed E-state index contributed by atoms with van der Waals surface area (Å²) in [5, 5.41) is 45.5. The molecule has 0 aromatic carbocycles. The van der Waals surface area contributed by atoms with Crippen LogP contribution in [0.4, 0.5) is 0 Å². The van der Waals surface area contributed by atoms with Crippen molar-refractivity contribution in [2.75, 3.05) is 13.2 Å². The maximum Gasteiger partial charge on any atom is 0.217 e. The molecule has 6 N–H and O–H groups in total. The number of fused-ring (bicyclic) bond motifs is 2. The number of nitrogens with one attached hydrogen (secondary N) is 2. The lowest BCUT2D eigenvalue weighted by atomic mass is 9.95. The van der Waals surface area contributed by atoms with E-state index >= 15 is 0 Å². The fraction of sp³-hybridized carbons (Fsp3) is 0.875. The monoisotopic (exact) mass is 406 g/mol. The number of hydrogen-bond donors (Lipinski definition) is 6. The van der Waals surface area contributed by atoms with E-state index in [2.05, 4.69) is 10.6 Å². The van der Waals surface area contributed by atoms with Crippen molar-refractivity contribution in [1.29, 1.82) is 0 Å². The Bertz CT molecular complexity index is 592. The number of hydrogen-bond acceptors (Lipinski definition) is 10. The molecule has 3 rings (SSSR count). The Morgan fingerprint density at radius 3 is 2.25 bits per heavy atom. The Labute approximate surface area is 160 Å². The number of amides is 2. The Hall–Kier alpha value is -1.38. The fourth-order valence-electron chi connectivity index (χ4n) is 3.68. The van der Waals surface area contributed by atoms with Crippen molar-refractivity contribution in [2.45, 2.75) is 75.1 Å². The van der Waals surface area contributed by atoms with Crippen LogP contribution < -0.4 is 10.6 Å². The van der Waals surface area contributed by atoms with Crippen LogP contribution in [0.1, 0.15) is 13.8 Å². The van der Waals surface area contributed by atoms with Crippen LogP contribution in [-0.4, -0.2) is 107 Å². The summed E-state index contributed by atoms with van der Waals surface area (Å²) in [6, 6.07) is -2.06. The first kappa shape index (κ1) is 21.3. The van der Waals surface area contributed by atoms with Crippen LogP contribution in [0, 0.1) is 0 Å². The molecule has 0 saturated carbocycles. The molecule has 3 aliphatic rings. The number of aliphatic hydroxyl groups excluding tert-OH is 4. The van der Waals surface area contributed by atoms with E-state index < -0.39 is 79.7 Å². The first-order valence-corrected chi connectivity index (χ1v) is 9.00. The van der Waals surface area contributed by atoms with E-state index in [9.17, 15) is 30.0 Å². The van der Waals surface area contributed by atoms with Crippen molar-refractivity contribution in [1.82, 2.24) is 10.6 Å². The molecule has 2 bridgehead atoms. The number of ether oxygens (including phenoxy) is 4. The molecule has 3 aliphatic heterocycles. The van der Waals surface area contributed by atoms with E-state index in [1.165, 1.54) is 13.8 Å². The molecule has 2 amide bonds. The maximum atomic E-state index is 11.5. The Morgan fingerprint density at radius 1 is 1.00 bits per heavy atom. The number of rotatable bonds is 5. The predicted molar refractivity (Wildman–Crippen MR) is 88.5 cm³/mol. The van der Waals surface area contributed by atoms with Crippen molar-refractivity contribution in [3.63, 3.8) is 0 Å². The molecule has 3 saturated heterocycles. The van der Waals surface area contributed by atoms with Crippen LogP contribution >= 0.6 is 0 Å². The second-order valence-corrected chi connectivity index (χ2v) is 7.13. The van der Waals surface area contributed by atoms with Crippen LogP contribution in [0.3, 0.4) is 0 Å². The van der Waals surface area contributed by atoms with Crippen LogP contribution in [0.25, 0.3) is 0 Å². The molecule has 0 radical (unpaired) electrons. The first-order valence-electron chi connectivity index (χ1n) is 9.00. The summed E-state index contributed by atoms with van der Waals surface area (Å²) in [5.74, 6) is -0.902. The highest BCUT2D eigenvalue weighted by Gasteiger charge is 2.54. The smallest absolute Gasteiger partial charge is 0.217 e. The molecule has 0 spiro atoms. The molecule has 0 aromatic heterocycles. The molecule has 10 atom stereocenters. The van der Waals surface area contributed by atoms with Gasteiger partial charge in [0.25, 0.3) is 0 Å². The molecule has 0 aromatic rings. The second kappa shape index (κ2) is 8.55. The van der Waals surface area contributed by atoms with Crippen LogP contribution in [0.5, 0.6) is 0 Å². The summed E-state index contributed by atoms with van der Waals surface area (Å²) in [6.45, 7) is 1.99. The summed E-state index contributed by atoms with van der Waals surface area (Å²) in [6.07, 6.45) is -9.18. The average Bonchev–Trinajstić information content (AvgIpc) is 3.07. The zero-order valence-electron chi connectivity index (χ0n) is 15.4. The second-order valence-electron chi connectivity index (χ2n) is 7.13. The SMILES string of the molecule is CC(=O)N[C@H]1[C@@H]2OC[C@@H](O2)[C@@H](O[C@@H]2O[C@H](CO)[C@@H](O)[C@H](O)[C@H]2NC(C)=O)[C@@H]1O. The average molecular weight is 406 g/mol. The van der Waals surface area contributed by atoms with Gasteiger partial charge in [-0.3, -0.25) is 9.59 Å². The van der Waals surface area contributed by atoms with E-state index in [0.717, 1.165) is 0 Å². The van der Waals surface area contributed by atoms with Gasteiger partial charge in [-0.1, -0.05) is 0 Å².